The first kappa shape index (κ1) is 13.6. The van der Waals surface area contributed by atoms with Gasteiger partial charge in [-0.25, -0.2) is 8.78 Å². The van der Waals surface area contributed by atoms with Crippen LogP contribution in [-0.2, 0) is 0 Å². The van der Waals surface area contributed by atoms with Crippen LogP contribution >= 0.6 is 11.6 Å². The Kier molecular flexibility index (Phi) is 4.07. The zero-order chi connectivity index (χ0) is 13.2. The van der Waals surface area contributed by atoms with Gasteiger partial charge in [-0.15, -0.1) is 0 Å². The van der Waals surface area contributed by atoms with Crippen molar-refractivity contribution in [2.45, 2.75) is 31.2 Å². The molecule has 1 aliphatic heterocycles. The van der Waals surface area contributed by atoms with E-state index in [1.807, 2.05) is 24.3 Å². The molecule has 0 bridgehead atoms. The van der Waals surface area contributed by atoms with Gasteiger partial charge in [-0.3, -0.25) is 0 Å². The summed E-state index contributed by atoms with van der Waals surface area (Å²) in [6.45, 7) is 1.32. The summed E-state index contributed by atoms with van der Waals surface area (Å²) in [6, 6.07) is 7.44. The molecule has 1 fully saturated rings. The molecular weight excluding hydrogens is 258 g/mol. The SMILES string of the molecule is NC1(C(F)F)CCCN(c2ccc(Cl)cc2)CC1. The van der Waals surface area contributed by atoms with Gasteiger partial charge in [0.25, 0.3) is 6.43 Å². The number of halogens is 3. The summed E-state index contributed by atoms with van der Waals surface area (Å²) in [6.07, 6.45) is -1.09. The molecule has 0 amide bonds. The lowest BCUT2D eigenvalue weighted by atomic mass is 9.92. The molecule has 2 nitrogen and oxygen atoms in total. The summed E-state index contributed by atoms with van der Waals surface area (Å²) >= 11 is 5.83. The number of anilines is 1. The highest BCUT2D eigenvalue weighted by Gasteiger charge is 2.37. The fraction of sp³-hybridized carbons (Fsp3) is 0.538. The van der Waals surface area contributed by atoms with Crippen LogP contribution in [-0.4, -0.2) is 25.1 Å². The van der Waals surface area contributed by atoms with E-state index in [1.165, 1.54) is 0 Å². The Balaban J connectivity index is 2.07. The van der Waals surface area contributed by atoms with E-state index in [0.29, 0.717) is 30.8 Å². The third-order valence-electron chi connectivity index (χ3n) is 3.54. The molecular formula is C13H17ClF2N2. The monoisotopic (exact) mass is 274 g/mol. The average Bonchev–Trinajstić information content (AvgIpc) is 2.54. The zero-order valence-corrected chi connectivity index (χ0v) is 10.8. The second kappa shape index (κ2) is 5.41. The molecule has 1 aromatic carbocycles. The van der Waals surface area contributed by atoms with Gasteiger partial charge in [-0.2, -0.15) is 0 Å². The van der Waals surface area contributed by atoms with Crippen molar-refractivity contribution in [3.8, 4) is 0 Å². The molecule has 1 unspecified atom stereocenters. The van der Waals surface area contributed by atoms with Gasteiger partial charge >= 0.3 is 0 Å². The van der Waals surface area contributed by atoms with Crippen LogP contribution in [0.5, 0.6) is 0 Å². The minimum absolute atomic E-state index is 0.313. The molecule has 2 rings (SSSR count). The van der Waals surface area contributed by atoms with Crippen LogP contribution in [0.2, 0.25) is 5.02 Å². The lowest BCUT2D eigenvalue weighted by molar-refractivity contribution is 0.0466. The smallest absolute Gasteiger partial charge is 0.256 e. The molecule has 0 aromatic heterocycles. The summed E-state index contributed by atoms with van der Waals surface area (Å²) < 4.78 is 25.8. The Morgan fingerprint density at radius 1 is 1.17 bits per heavy atom. The number of benzene rings is 1. The molecule has 5 heteroatoms. The summed E-state index contributed by atoms with van der Waals surface area (Å²) in [5.74, 6) is 0. The fourth-order valence-electron chi connectivity index (χ4n) is 2.31. The fourth-order valence-corrected chi connectivity index (χ4v) is 2.43. The van der Waals surface area contributed by atoms with E-state index >= 15 is 0 Å². The van der Waals surface area contributed by atoms with E-state index in [4.69, 9.17) is 17.3 Å². The molecule has 0 radical (unpaired) electrons. The van der Waals surface area contributed by atoms with Crippen molar-refractivity contribution in [3.05, 3.63) is 29.3 Å². The lowest BCUT2D eigenvalue weighted by Gasteiger charge is -2.27. The minimum atomic E-state index is -2.46. The molecule has 0 spiro atoms. The highest BCUT2D eigenvalue weighted by Crippen LogP contribution is 2.29. The second-order valence-electron chi connectivity index (χ2n) is 4.85. The Hall–Kier alpha value is -0.870. The van der Waals surface area contributed by atoms with E-state index in [9.17, 15) is 8.78 Å². The van der Waals surface area contributed by atoms with Gasteiger partial charge in [0.2, 0.25) is 0 Å². The Bertz CT molecular complexity index is 396. The highest BCUT2D eigenvalue weighted by atomic mass is 35.5. The first-order valence-electron chi connectivity index (χ1n) is 6.09. The number of nitrogens with zero attached hydrogens (tertiary/aromatic N) is 1. The molecule has 1 heterocycles. The standard InChI is InChI=1S/C13H17ClF2N2/c14-10-2-4-11(5-3-10)18-8-1-6-13(17,7-9-18)12(15)16/h2-5,12H,1,6-9,17H2. The van der Waals surface area contributed by atoms with Crippen LogP contribution in [0.3, 0.4) is 0 Å². The van der Waals surface area contributed by atoms with E-state index in [1.54, 1.807) is 0 Å². The van der Waals surface area contributed by atoms with Gasteiger partial charge in [0.15, 0.2) is 0 Å². The van der Waals surface area contributed by atoms with Crippen molar-refractivity contribution in [3.63, 3.8) is 0 Å². The quantitative estimate of drug-likeness (QED) is 0.897. The van der Waals surface area contributed by atoms with Gasteiger partial charge in [0.05, 0.1) is 5.54 Å². The molecule has 100 valence electrons. The predicted octanol–water partition coefficient (Wildman–Crippen LogP) is 3.29. The molecule has 0 saturated carbocycles. The summed E-state index contributed by atoms with van der Waals surface area (Å²) in [5, 5.41) is 0.675. The van der Waals surface area contributed by atoms with E-state index < -0.39 is 12.0 Å². The molecule has 1 aliphatic rings. The number of nitrogens with two attached hydrogens (primary N) is 1. The third-order valence-corrected chi connectivity index (χ3v) is 3.80. The summed E-state index contributed by atoms with van der Waals surface area (Å²) in [7, 11) is 0. The minimum Gasteiger partial charge on any atom is -0.371 e. The van der Waals surface area contributed by atoms with Crippen molar-refractivity contribution in [1.29, 1.82) is 0 Å². The van der Waals surface area contributed by atoms with Gasteiger partial charge in [0.1, 0.15) is 0 Å². The molecule has 18 heavy (non-hydrogen) atoms. The second-order valence-corrected chi connectivity index (χ2v) is 5.29. The Morgan fingerprint density at radius 2 is 1.83 bits per heavy atom. The summed E-state index contributed by atoms with van der Waals surface area (Å²) in [5.41, 5.74) is 5.45. The van der Waals surface area contributed by atoms with Crippen molar-refractivity contribution in [2.75, 3.05) is 18.0 Å². The number of alkyl halides is 2. The van der Waals surface area contributed by atoms with Gasteiger partial charge in [-0.05, 0) is 43.5 Å². The van der Waals surface area contributed by atoms with E-state index in [-0.39, 0.29) is 0 Å². The Labute approximate surface area is 111 Å². The molecule has 1 aromatic rings. The van der Waals surface area contributed by atoms with E-state index in [2.05, 4.69) is 4.90 Å². The lowest BCUT2D eigenvalue weighted by Crippen LogP contribution is -2.47. The number of hydrogen-bond donors (Lipinski definition) is 1. The van der Waals surface area contributed by atoms with Crippen molar-refractivity contribution >= 4 is 17.3 Å². The maximum atomic E-state index is 12.9. The molecule has 2 N–H and O–H groups in total. The summed E-state index contributed by atoms with van der Waals surface area (Å²) in [4.78, 5) is 2.09. The van der Waals surface area contributed by atoms with Crippen LogP contribution in [0.4, 0.5) is 14.5 Å². The molecule has 1 atom stereocenters. The number of hydrogen-bond acceptors (Lipinski definition) is 2. The highest BCUT2D eigenvalue weighted by molar-refractivity contribution is 6.30. The maximum Gasteiger partial charge on any atom is 0.256 e. The van der Waals surface area contributed by atoms with Crippen molar-refractivity contribution in [1.82, 2.24) is 0 Å². The van der Waals surface area contributed by atoms with E-state index in [0.717, 1.165) is 12.2 Å². The normalized spacial score (nSPS) is 25.3. The zero-order valence-electron chi connectivity index (χ0n) is 10.1. The van der Waals surface area contributed by atoms with Crippen LogP contribution in [0.1, 0.15) is 19.3 Å². The largest absolute Gasteiger partial charge is 0.371 e. The van der Waals surface area contributed by atoms with Crippen molar-refractivity contribution in [2.24, 2.45) is 5.73 Å². The van der Waals surface area contributed by atoms with Gasteiger partial charge in [-0.1, -0.05) is 11.6 Å². The molecule has 0 aliphatic carbocycles. The first-order chi connectivity index (χ1) is 8.51. The topological polar surface area (TPSA) is 29.3 Å². The molecule has 1 saturated heterocycles. The maximum absolute atomic E-state index is 12.9. The van der Waals surface area contributed by atoms with Crippen LogP contribution in [0.15, 0.2) is 24.3 Å². The van der Waals surface area contributed by atoms with Crippen LogP contribution in [0.25, 0.3) is 0 Å². The van der Waals surface area contributed by atoms with Crippen molar-refractivity contribution < 1.29 is 8.78 Å². The number of rotatable bonds is 2. The Morgan fingerprint density at radius 3 is 2.44 bits per heavy atom. The first-order valence-corrected chi connectivity index (χ1v) is 6.47. The third kappa shape index (κ3) is 2.93. The van der Waals surface area contributed by atoms with Gasteiger partial charge < -0.3 is 10.6 Å². The predicted molar refractivity (Wildman–Crippen MR) is 70.4 cm³/mol. The van der Waals surface area contributed by atoms with Gasteiger partial charge in [0, 0.05) is 23.8 Å². The van der Waals surface area contributed by atoms with Crippen LogP contribution < -0.4 is 10.6 Å². The average molecular weight is 275 g/mol. The van der Waals surface area contributed by atoms with Crippen LogP contribution in [0, 0.1) is 0 Å².